The molecule has 0 saturated heterocycles. The van der Waals surface area contributed by atoms with Crippen molar-refractivity contribution < 1.29 is 9.59 Å². The van der Waals surface area contributed by atoms with Gasteiger partial charge in [-0.05, 0) is 61.4 Å². The number of rotatable bonds is 6. The molecule has 0 fully saturated rings. The molecule has 0 saturated carbocycles. The highest BCUT2D eigenvalue weighted by atomic mass is 16.2. The Morgan fingerprint density at radius 3 is 2.60 bits per heavy atom. The second kappa shape index (κ2) is 7.38. The summed E-state index contributed by atoms with van der Waals surface area (Å²) in [6, 6.07) is 13.1. The van der Waals surface area contributed by atoms with Crippen LogP contribution < -0.4 is 15.5 Å². The van der Waals surface area contributed by atoms with E-state index >= 15 is 0 Å². The molecule has 3 rings (SSSR count). The molecule has 130 valence electrons. The Balaban J connectivity index is 1.69. The van der Waals surface area contributed by atoms with Gasteiger partial charge >= 0.3 is 0 Å². The first kappa shape index (κ1) is 17.0. The molecule has 2 amide bonds. The molecule has 2 aromatic rings. The fourth-order valence-corrected chi connectivity index (χ4v) is 3.07. The highest BCUT2D eigenvalue weighted by Crippen LogP contribution is 2.26. The van der Waals surface area contributed by atoms with Gasteiger partial charge in [-0.3, -0.25) is 9.59 Å². The molecule has 0 spiro atoms. The Labute approximate surface area is 148 Å². The minimum Gasteiger partial charge on any atom is -0.372 e. The van der Waals surface area contributed by atoms with Gasteiger partial charge < -0.3 is 15.5 Å². The molecule has 2 aromatic carbocycles. The van der Waals surface area contributed by atoms with Gasteiger partial charge in [0.1, 0.15) is 0 Å². The summed E-state index contributed by atoms with van der Waals surface area (Å²) < 4.78 is 0. The van der Waals surface area contributed by atoms with Crippen molar-refractivity contribution in [3.8, 4) is 0 Å². The number of carbonyl (C=O) groups excluding carboxylic acids is 2. The van der Waals surface area contributed by atoms with E-state index in [0.717, 1.165) is 36.4 Å². The van der Waals surface area contributed by atoms with E-state index in [-0.39, 0.29) is 11.8 Å². The van der Waals surface area contributed by atoms with Crippen molar-refractivity contribution in [2.24, 2.45) is 0 Å². The Bertz CT molecular complexity index is 784. The number of anilines is 3. The van der Waals surface area contributed by atoms with Crippen LogP contribution in [0.1, 0.15) is 36.2 Å². The Kier molecular flexibility index (Phi) is 5.03. The van der Waals surface area contributed by atoms with E-state index in [4.69, 9.17) is 0 Å². The molecule has 1 aliphatic rings. The van der Waals surface area contributed by atoms with Crippen molar-refractivity contribution in [2.45, 2.75) is 26.7 Å². The van der Waals surface area contributed by atoms with Crippen molar-refractivity contribution in [2.75, 3.05) is 28.6 Å². The summed E-state index contributed by atoms with van der Waals surface area (Å²) in [5.74, 6) is -0.163. The van der Waals surface area contributed by atoms with E-state index in [1.807, 2.05) is 36.4 Å². The molecule has 2 N–H and O–H groups in total. The lowest BCUT2D eigenvalue weighted by molar-refractivity contribution is -0.115. The van der Waals surface area contributed by atoms with Gasteiger partial charge in [0.2, 0.25) is 5.91 Å². The molecule has 0 bridgehead atoms. The zero-order valence-electron chi connectivity index (χ0n) is 14.6. The fourth-order valence-electron chi connectivity index (χ4n) is 3.07. The topological polar surface area (TPSA) is 61.4 Å². The van der Waals surface area contributed by atoms with Crippen molar-refractivity contribution in [1.29, 1.82) is 0 Å². The first-order chi connectivity index (χ1) is 12.1. The Morgan fingerprint density at radius 1 is 1.16 bits per heavy atom. The summed E-state index contributed by atoms with van der Waals surface area (Å²) in [6.45, 7) is 6.24. The van der Waals surface area contributed by atoms with Gasteiger partial charge in [0.05, 0.1) is 6.42 Å². The standard InChI is InChI=1S/C20H23N3O2/c1-3-11-23(4-2)17-8-5-14(6-9-17)20(25)21-16-7-10-18-15(12-16)13-19(24)22-18/h5-10,12H,3-4,11,13H2,1-2H3,(H,21,25)(H,22,24). The lowest BCUT2D eigenvalue weighted by atomic mass is 10.1. The van der Waals surface area contributed by atoms with Crippen LogP contribution in [0.15, 0.2) is 42.5 Å². The second-order valence-electron chi connectivity index (χ2n) is 6.18. The maximum absolute atomic E-state index is 12.4. The van der Waals surface area contributed by atoms with Crippen LogP contribution in [0.3, 0.4) is 0 Å². The Hall–Kier alpha value is -2.82. The largest absolute Gasteiger partial charge is 0.372 e. The minimum atomic E-state index is -0.151. The molecular formula is C20H23N3O2. The number of nitrogens with zero attached hydrogens (tertiary/aromatic N) is 1. The minimum absolute atomic E-state index is 0.0124. The second-order valence-corrected chi connectivity index (χ2v) is 6.18. The van der Waals surface area contributed by atoms with E-state index in [0.29, 0.717) is 17.7 Å². The predicted molar refractivity (Wildman–Crippen MR) is 101 cm³/mol. The lowest BCUT2D eigenvalue weighted by Crippen LogP contribution is -2.23. The third-order valence-corrected chi connectivity index (χ3v) is 4.36. The van der Waals surface area contributed by atoms with E-state index in [2.05, 4.69) is 29.4 Å². The maximum atomic E-state index is 12.4. The van der Waals surface area contributed by atoms with Crippen molar-refractivity contribution in [1.82, 2.24) is 0 Å². The van der Waals surface area contributed by atoms with Gasteiger partial charge in [0, 0.05) is 35.7 Å². The third kappa shape index (κ3) is 3.82. The third-order valence-electron chi connectivity index (χ3n) is 4.36. The number of benzene rings is 2. The van der Waals surface area contributed by atoms with Crippen LogP contribution in [-0.2, 0) is 11.2 Å². The van der Waals surface area contributed by atoms with Crippen LogP contribution in [0, 0.1) is 0 Å². The zero-order chi connectivity index (χ0) is 17.8. The molecule has 1 aliphatic heterocycles. The molecule has 0 radical (unpaired) electrons. The summed E-state index contributed by atoms with van der Waals surface area (Å²) in [5, 5.41) is 5.68. The Morgan fingerprint density at radius 2 is 1.92 bits per heavy atom. The number of hydrogen-bond donors (Lipinski definition) is 2. The van der Waals surface area contributed by atoms with Crippen LogP contribution in [0.4, 0.5) is 17.1 Å². The number of carbonyl (C=O) groups is 2. The fraction of sp³-hybridized carbons (Fsp3) is 0.300. The number of nitrogens with one attached hydrogen (secondary N) is 2. The van der Waals surface area contributed by atoms with E-state index in [9.17, 15) is 9.59 Å². The molecule has 0 atom stereocenters. The van der Waals surface area contributed by atoms with E-state index in [1.165, 1.54) is 0 Å². The molecule has 5 nitrogen and oxygen atoms in total. The quantitative estimate of drug-likeness (QED) is 0.845. The normalized spacial score (nSPS) is 12.5. The SMILES string of the molecule is CCCN(CC)c1ccc(C(=O)Nc2ccc3c(c2)CC(=O)N3)cc1. The van der Waals surface area contributed by atoms with Crippen molar-refractivity contribution in [3.63, 3.8) is 0 Å². The van der Waals surface area contributed by atoms with Crippen LogP contribution >= 0.6 is 0 Å². The molecular weight excluding hydrogens is 314 g/mol. The number of fused-ring (bicyclic) bond motifs is 1. The molecule has 1 heterocycles. The van der Waals surface area contributed by atoms with E-state index < -0.39 is 0 Å². The monoisotopic (exact) mass is 337 g/mol. The highest BCUT2D eigenvalue weighted by Gasteiger charge is 2.18. The predicted octanol–water partition coefficient (Wildman–Crippen LogP) is 3.67. The molecule has 5 heteroatoms. The first-order valence-electron chi connectivity index (χ1n) is 8.70. The highest BCUT2D eigenvalue weighted by molar-refractivity contribution is 6.05. The smallest absolute Gasteiger partial charge is 0.255 e. The van der Waals surface area contributed by atoms with Gasteiger partial charge in [-0.2, -0.15) is 0 Å². The van der Waals surface area contributed by atoms with Gasteiger partial charge in [-0.25, -0.2) is 0 Å². The van der Waals surface area contributed by atoms with Gasteiger partial charge in [-0.15, -0.1) is 0 Å². The van der Waals surface area contributed by atoms with Gasteiger partial charge in [0.25, 0.3) is 5.91 Å². The summed E-state index contributed by atoms with van der Waals surface area (Å²) in [4.78, 5) is 26.1. The summed E-state index contributed by atoms with van der Waals surface area (Å²) >= 11 is 0. The average Bonchev–Trinajstić information content (AvgIpc) is 2.99. The van der Waals surface area contributed by atoms with Gasteiger partial charge in [-0.1, -0.05) is 6.92 Å². The van der Waals surface area contributed by atoms with Crippen LogP contribution in [-0.4, -0.2) is 24.9 Å². The van der Waals surface area contributed by atoms with Crippen molar-refractivity contribution in [3.05, 3.63) is 53.6 Å². The average molecular weight is 337 g/mol. The summed E-state index contributed by atoms with van der Waals surface area (Å²) in [7, 11) is 0. The molecule has 0 aromatic heterocycles. The van der Waals surface area contributed by atoms with Crippen molar-refractivity contribution >= 4 is 28.9 Å². The van der Waals surface area contributed by atoms with Gasteiger partial charge in [0.15, 0.2) is 0 Å². The van der Waals surface area contributed by atoms with E-state index in [1.54, 1.807) is 6.07 Å². The van der Waals surface area contributed by atoms with Crippen LogP contribution in [0.2, 0.25) is 0 Å². The molecule has 25 heavy (non-hydrogen) atoms. The maximum Gasteiger partial charge on any atom is 0.255 e. The van der Waals surface area contributed by atoms with Crippen LogP contribution in [0.25, 0.3) is 0 Å². The zero-order valence-corrected chi connectivity index (χ0v) is 14.6. The summed E-state index contributed by atoms with van der Waals surface area (Å²) in [6.07, 6.45) is 1.45. The lowest BCUT2D eigenvalue weighted by Gasteiger charge is -2.22. The number of amides is 2. The summed E-state index contributed by atoms with van der Waals surface area (Å²) in [5.41, 5.74) is 4.18. The van der Waals surface area contributed by atoms with Crippen LogP contribution in [0.5, 0.6) is 0 Å². The first-order valence-corrected chi connectivity index (χ1v) is 8.70. The molecule has 0 aliphatic carbocycles. The number of hydrogen-bond acceptors (Lipinski definition) is 3. The molecule has 0 unspecified atom stereocenters.